The first-order chi connectivity index (χ1) is 10.2. The van der Waals surface area contributed by atoms with Crippen LogP contribution in [0.25, 0.3) is 0 Å². The van der Waals surface area contributed by atoms with Gasteiger partial charge in [-0.2, -0.15) is 0 Å². The molecule has 1 N–H and O–H groups in total. The Hall–Kier alpha value is -2.07. The molecule has 3 rings (SSSR count). The Labute approximate surface area is 122 Å². The summed E-state index contributed by atoms with van der Waals surface area (Å²) in [6.07, 6.45) is 0.195. The number of fused-ring (bicyclic) bond motifs is 1. The van der Waals surface area contributed by atoms with E-state index in [2.05, 4.69) is 0 Å². The highest BCUT2D eigenvalue weighted by molar-refractivity contribution is 5.39. The Bertz CT molecular complexity index is 642. The zero-order valence-corrected chi connectivity index (χ0v) is 11.8. The molecule has 0 aromatic heterocycles. The number of methoxy groups -OCH3 is 1. The van der Waals surface area contributed by atoms with E-state index >= 15 is 0 Å². The summed E-state index contributed by atoms with van der Waals surface area (Å²) in [6, 6.07) is 11.8. The molecule has 3 nitrogen and oxygen atoms in total. The van der Waals surface area contributed by atoms with Gasteiger partial charge in [0.2, 0.25) is 0 Å². The summed E-state index contributed by atoms with van der Waals surface area (Å²) >= 11 is 0. The van der Waals surface area contributed by atoms with E-state index in [1.807, 2.05) is 18.2 Å². The number of aliphatic hydroxyl groups is 1. The Morgan fingerprint density at radius 2 is 2.00 bits per heavy atom. The van der Waals surface area contributed by atoms with Crippen molar-refractivity contribution in [1.82, 2.24) is 0 Å². The molecule has 1 aliphatic rings. The van der Waals surface area contributed by atoms with Gasteiger partial charge in [-0.3, -0.25) is 0 Å². The van der Waals surface area contributed by atoms with E-state index in [0.29, 0.717) is 6.42 Å². The van der Waals surface area contributed by atoms with Crippen LogP contribution in [0.3, 0.4) is 0 Å². The lowest BCUT2D eigenvalue weighted by molar-refractivity contribution is 0.0208. The van der Waals surface area contributed by atoms with Crippen LogP contribution in [0.2, 0.25) is 0 Å². The number of rotatable bonds is 3. The van der Waals surface area contributed by atoms with Crippen LogP contribution in [0, 0.1) is 5.82 Å². The number of benzene rings is 2. The minimum Gasteiger partial charge on any atom is -0.497 e. The summed E-state index contributed by atoms with van der Waals surface area (Å²) in [5.74, 6) is 0.540. The van der Waals surface area contributed by atoms with Crippen molar-refractivity contribution < 1.29 is 19.0 Å². The Kier molecular flexibility index (Phi) is 3.80. The van der Waals surface area contributed by atoms with E-state index in [-0.39, 0.29) is 5.75 Å². The summed E-state index contributed by atoms with van der Waals surface area (Å²) in [5.41, 5.74) is 1.87. The molecular formula is C17H17FO3. The van der Waals surface area contributed by atoms with Gasteiger partial charge < -0.3 is 14.6 Å². The maximum absolute atomic E-state index is 13.6. The molecule has 0 radical (unpaired) electrons. The first-order valence-electron chi connectivity index (χ1n) is 6.95. The lowest BCUT2D eigenvalue weighted by Crippen LogP contribution is -2.30. The zero-order valence-electron chi connectivity index (χ0n) is 11.8. The van der Waals surface area contributed by atoms with Gasteiger partial charge in [-0.15, -0.1) is 0 Å². The van der Waals surface area contributed by atoms with Crippen LogP contribution in [0.15, 0.2) is 42.5 Å². The third-order valence-corrected chi connectivity index (χ3v) is 3.83. The van der Waals surface area contributed by atoms with Gasteiger partial charge in [-0.25, -0.2) is 4.39 Å². The molecule has 0 spiro atoms. The molecule has 21 heavy (non-hydrogen) atoms. The molecule has 0 aliphatic heterocycles. The summed E-state index contributed by atoms with van der Waals surface area (Å²) in [7, 11) is 1.62. The molecule has 0 fully saturated rings. The molecule has 0 amide bonds. The first-order valence-corrected chi connectivity index (χ1v) is 6.95. The van der Waals surface area contributed by atoms with Crippen molar-refractivity contribution in [3.63, 3.8) is 0 Å². The second kappa shape index (κ2) is 5.74. The molecule has 0 saturated heterocycles. The second-order valence-electron chi connectivity index (χ2n) is 5.13. The molecule has 4 heteroatoms. The SMILES string of the molecule is COc1ccc2c(c1)CCC(Oc1ccccc1F)C2O. The molecule has 2 unspecified atom stereocenters. The monoisotopic (exact) mass is 288 g/mol. The molecule has 2 aromatic carbocycles. The lowest BCUT2D eigenvalue weighted by atomic mass is 9.87. The van der Waals surface area contributed by atoms with Gasteiger partial charge >= 0.3 is 0 Å². The van der Waals surface area contributed by atoms with Gasteiger partial charge in [0.05, 0.1) is 7.11 Å². The van der Waals surface area contributed by atoms with Crippen molar-refractivity contribution >= 4 is 0 Å². The Morgan fingerprint density at radius 3 is 2.76 bits per heavy atom. The van der Waals surface area contributed by atoms with Crippen molar-refractivity contribution in [3.8, 4) is 11.5 Å². The lowest BCUT2D eigenvalue weighted by Gasteiger charge is -2.30. The number of aliphatic hydroxyl groups excluding tert-OH is 1. The minimum absolute atomic E-state index is 0.179. The number of para-hydroxylation sites is 1. The predicted octanol–water partition coefficient (Wildman–Crippen LogP) is 3.26. The highest BCUT2D eigenvalue weighted by Gasteiger charge is 2.30. The highest BCUT2D eigenvalue weighted by Crippen LogP contribution is 2.35. The average molecular weight is 288 g/mol. The Balaban J connectivity index is 1.82. The molecule has 0 heterocycles. The summed E-state index contributed by atoms with van der Waals surface area (Å²) in [6.45, 7) is 0. The molecule has 0 bridgehead atoms. The van der Waals surface area contributed by atoms with E-state index in [1.165, 1.54) is 6.07 Å². The number of hydrogen-bond donors (Lipinski definition) is 1. The standard InChI is InChI=1S/C17H17FO3/c1-20-12-7-8-13-11(10-12)6-9-16(17(13)19)21-15-5-3-2-4-14(15)18/h2-5,7-8,10,16-17,19H,6,9H2,1H3. The number of ether oxygens (including phenoxy) is 2. The third-order valence-electron chi connectivity index (χ3n) is 3.83. The molecule has 2 aromatic rings. The van der Waals surface area contributed by atoms with Gasteiger partial charge in [0, 0.05) is 0 Å². The predicted molar refractivity (Wildman–Crippen MR) is 77.1 cm³/mol. The average Bonchev–Trinajstić information content (AvgIpc) is 2.51. The second-order valence-corrected chi connectivity index (χ2v) is 5.13. The fourth-order valence-electron chi connectivity index (χ4n) is 2.70. The highest BCUT2D eigenvalue weighted by atomic mass is 19.1. The maximum atomic E-state index is 13.6. The van der Waals surface area contributed by atoms with Crippen LogP contribution in [0.4, 0.5) is 4.39 Å². The van der Waals surface area contributed by atoms with E-state index < -0.39 is 18.0 Å². The van der Waals surface area contributed by atoms with Crippen LogP contribution in [0.1, 0.15) is 23.7 Å². The normalized spacial score (nSPS) is 20.7. The van der Waals surface area contributed by atoms with Crippen molar-refractivity contribution in [2.45, 2.75) is 25.0 Å². The van der Waals surface area contributed by atoms with E-state index in [4.69, 9.17) is 9.47 Å². The summed E-state index contributed by atoms with van der Waals surface area (Å²) in [5, 5.41) is 10.4. The molecule has 0 saturated carbocycles. The molecule has 110 valence electrons. The van der Waals surface area contributed by atoms with Gasteiger partial charge in [-0.1, -0.05) is 18.2 Å². The maximum Gasteiger partial charge on any atom is 0.165 e. The van der Waals surface area contributed by atoms with Crippen molar-refractivity contribution in [3.05, 3.63) is 59.4 Å². The minimum atomic E-state index is -0.765. The van der Waals surface area contributed by atoms with Gasteiger partial charge in [0.15, 0.2) is 11.6 Å². The van der Waals surface area contributed by atoms with Crippen LogP contribution in [0.5, 0.6) is 11.5 Å². The molecule has 2 atom stereocenters. The van der Waals surface area contributed by atoms with Crippen LogP contribution in [-0.2, 0) is 6.42 Å². The quantitative estimate of drug-likeness (QED) is 0.942. The van der Waals surface area contributed by atoms with E-state index in [0.717, 1.165) is 23.3 Å². The van der Waals surface area contributed by atoms with E-state index in [9.17, 15) is 9.50 Å². The number of halogens is 1. The van der Waals surface area contributed by atoms with Gasteiger partial charge in [-0.05, 0) is 48.2 Å². The largest absolute Gasteiger partial charge is 0.497 e. The van der Waals surface area contributed by atoms with Crippen molar-refractivity contribution in [2.75, 3.05) is 7.11 Å². The fourth-order valence-corrected chi connectivity index (χ4v) is 2.70. The summed E-state index contributed by atoms with van der Waals surface area (Å²) in [4.78, 5) is 0. The number of hydrogen-bond acceptors (Lipinski definition) is 3. The smallest absolute Gasteiger partial charge is 0.165 e. The van der Waals surface area contributed by atoms with E-state index in [1.54, 1.807) is 25.3 Å². The van der Waals surface area contributed by atoms with Crippen molar-refractivity contribution in [1.29, 1.82) is 0 Å². The van der Waals surface area contributed by atoms with Gasteiger partial charge in [0.1, 0.15) is 18.0 Å². The van der Waals surface area contributed by atoms with Crippen molar-refractivity contribution in [2.24, 2.45) is 0 Å². The molecule has 1 aliphatic carbocycles. The fraction of sp³-hybridized carbons (Fsp3) is 0.294. The van der Waals surface area contributed by atoms with Crippen LogP contribution < -0.4 is 9.47 Å². The van der Waals surface area contributed by atoms with Crippen LogP contribution in [-0.4, -0.2) is 18.3 Å². The molecular weight excluding hydrogens is 271 g/mol. The Morgan fingerprint density at radius 1 is 1.19 bits per heavy atom. The van der Waals surface area contributed by atoms with Gasteiger partial charge in [0.25, 0.3) is 0 Å². The zero-order chi connectivity index (χ0) is 14.8. The summed E-state index contributed by atoms with van der Waals surface area (Å²) < 4.78 is 24.5. The first kappa shape index (κ1) is 13.9. The van der Waals surface area contributed by atoms with Crippen LogP contribution >= 0.6 is 0 Å². The number of aryl methyl sites for hydroxylation is 1. The third kappa shape index (κ3) is 2.72. The topological polar surface area (TPSA) is 38.7 Å².